The summed E-state index contributed by atoms with van der Waals surface area (Å²) in [6.45, 7) is 6.29. The molecule has 1 atom stereocenters. The number of hydrogen-bond donors (Lipinski definition) is 1. The molecule has 0 bridgehead atoms. The molecule has 7 heteroatoms. The van der Waals surface area contributed by atoms with Crippen LogP contribution in [0.25, 0.3) is 0 Å². The molecule has 1 aliphatic rings. The first-order valence-electron chi connectivity index (χ1n) is 8.26. The number of thiophene rings is 1. The zero-order chi connectivity index (χ0) is 17.8. The lowest BCUT2D eigenvalue weighted by molar-refractivity contribution is -0.121. The van der Waals surface area contributed by atoms with Gasteiger partial charge in [0, 0.05) is 37.7 Å². The Kier molecular flexibility index (Phi) is 6.06. The number of anilines is 1. The Bertz CT molecular complexity index is 717. The Morgan fingerprint density at radius 2 is 2.08 bits per heavy atom. The minimum atomic E-state index is -0.520. The molecule has 4 nitrogen and oxygen atoms in total. The van der Waals surface area contributed by atoms with Crippen molar-refractivity contribution in [3.8, 4) is 0 Å². The molecule has 1 fully saturated rings. The summed E-state index contributed by atoms with van der Waals surface area (Å²) in [5, 5.41) is 7.23. The maximum absolute atomic E-state index is 13.8. The van der Waals surface area contributed by atoms with E-state index >= 15 is 0 Å². The number of nitrogens with one attached hydrogen (secondary N) is 1. The van der Waals surface area contributed by atoms with Crippen LogP contribution in [-0.4, -0.2) is 47.9 Å². The smallest absolute Gasteiger partial charge is 0.241 e. The molecule has 2 heterocycles. The number of carbonyl (C=O) groups is 1. The number of rotatable bonds is 5. The van der Waals surface area contributed by atoms with E-state index in [2.05, 4.69) is 31.9 Å². The predicted octanol–water partition coefficient (Wildman–Crippen LogP) is 3.69. The monoisotopic (exact) mass is 381 g/mol. The van der Waals surface area contributed by atoms with E-state index in [4.69, 9.17) is 11.6 Å². The van der Waals surface area contributed by atoms with Gasteiger partial charge >= 0.3 is 0 Å². The van der Waals surface area contributed by atoms with Crippen molar-refractivity contribution in [1.82, 2.24) is 9.80 Å². The van der Waals surface area contributed by atoms with Gasteiger partial charge in [-0.05, 0) is 47.5 Å². The summed E-state index contributed by atoms with van der Waals surface area (Å²) >= 11 is 7.45. The predicted molar refractivity (Wildman–Crippen MR) is 101 cm³/mol. The average Bonchev–Trinajstić information content (AvgIpc) is 3.10. The Hall–Kier alpha value is -1.47. The summed E-state index contributed by atoms with van der Waals surface area (Å²) in [7, 11) is 0. The van der Waals surface area contributed by atoms with E-state index in [1.807, 2.05) is 6.92 Å². The largest absolute Gasteiger partial charge is 0.322 e. The number of carbonyl (C=O) groups excluding carboxylic acids is 1. The number of hydrogen-bond acceptors (Lipinski definition) is 4. The number of piperazine rings is 1. The Labute approximate surface area is 156 Å². The first-order chi connectivity index (χ1) is 12.0. The van der Waals surface area contributed by atoms with Crippen molar-refractivity contribution in [1.29, 1.82) is 0 Å². The first-order valence-corrected chi connectivity index (χ1v) is 9.58. The van der Waals surface area contributed by atoms with Crippen molar-refractivity contribution in [3.63, 3.8) is 0 Å². The highest BCUT2D eigenvalue weighted by atomic mass is 35.5. The quantitative estimate of drug-likeness (QED) is 0.858. The first kappa shape index (κ1) is 18.3. The molecule has 1 aromatic heterocycles. The van der Waals surface area contributed by atoms with Gasteiger partial charge in [-0.25, -0.2) is 4.39 Å². The molecule has 1 amide bonds. The fourth-order valence-electron chi connectivity index (χ4n) is 2.94. The second kappa shape index (κ2) is 8.27. The molecule has 0 saturated carbocycles. The molecule has 25 heavy (non-hydrogen) atoms. The van der Waals surface area contributed by atoms with Gasteiger partial charge in [0.2, 0.25) is 5.91 Å². The number of benzene rings is 1. The number of nitrogens with zero attached hydrogens (tertiary/aromatic N) is 2. The van der Waals surface area contributed by atoms with Crippen LogP contribution in [0.1, 0.15) is 12.5 Å². The Morgan fingerprint density at radius 3 is 2.72 bits per heavy atom. The summed E-state index contributed by atoms with van der Waals surface area (Å²) in [6, 6.07) is 6.09. The van der Waals surface area contributed by atoms with Crippen LogP contribution < -0.4 is 5.32 Å². The highest BCUT2D eigenvalue weighted by molar-refractivity contribution is 7.07. The Balaban J connectivity index is 1.51. The molecule has 0 aliphatic carbocycles. The third-order valence-corrected chi connectivity index (χ3v) is 5.48. The lowest BCUT2D eigenvalue weighted by atomic mass is 10.2. The molecular weight excluding hydrogens is 361 g/mol. The zero-order valence-electron chi connectivity index (χ0n) is 14.0. The summed E-state index contributed by atoms with van der Waals surface area (Å²) < 4.78 is 13.8. The lowest BCUT2D eigenvalue weighted by Gasteiger charge is -2.37. The summed E-state index contributed by atoms with van der Waals surface area (Å²) in [6.07, 6.45) is 0. The lowest BCUT2D eigenvalue weighted by Crippen LogP contribution is -2.52. The molecule has 1 aliphatic heterocycles. The van der Waals surface area contributed by atoms with Gasteiger partial charge in [0.15, 0.2) is 0 Å². The normalized spacial score (nSPS) is 17.4. The standard InChI is InChI=1S/C18H21ClFN3OS/c1-13(18(24)21-17-3-2-15(19)10-16(17)20)23-7-5-22(6-8-23)11-14-4-9-25-12-14/h2-4,9-10,12-13H,5-8,11H2,1H3,(H,21,24)/t13-/m0/s1. The van der Waals surface area contributed by atoms with Crippen molar-refractivity contribution in [2.45, 2.75) is 19.5 Å². The fourth-order valence-corrected chi connectivity index (χ4v) is 3.76. The molecule has 2 aromatic rings. The van der Waals surface area contributed by atoms with Crippen LogP contribution in [-0.2, 0) is 11.3 Å². The van der Waals surface area contributed by atoms with Gasteiger partial charge in [-0.15, -0.1) is 0 Å². The highest BCUT2D eigenvalue weighted by Gasteiger charge is 2.26. The van der Waals surface area contributed by atoms with Crippen molar-refractivity contribution in [3.05, 3.63) is 51.4 Å². The van der Waals surface area contributed by atoms with Crippen LogP contribution in [0.2, 0.25) is 5.02 Å². The van der Waals surface area contributed by atoms with Crippen molar-refractivity contribution < 1.29 is 9.18 Å². The average molecular weight is 382 g/mol. The molecule has 134 valence electrons. The van der Waals surface area contributed by atoms with Crippen molar-refractivity contribution in [2.75, 3.05) is 31.5 Å². The van der Waals surface area contributed by atoms with Crippen molar-refractivity contribution >= 4 is 34.5 Å². The maximum Gasteiger partial charge on any atom is 0.241 e. The molecule has 0 radical (unpaired) electrons. The van der Waals surface area contributed by atoms with Gasteiger partial charge in [0.1, 0.15) is 5.82 Å². The van der Waals surface area contributed by atoms with Gasteiger partial charge in [-0.1, -0.05) is 11.6 Å². The Morgan fingerprint density at radius 1 is 1.32 bits per heavy atom. The van der Waals surface area contributed by atoms with E-state index in [0.717, 1.165) is 32.7 Å². The third kappa shape index (κ3) is 4.79. The molecular formula is C18H21ClFN3OS. The van der Waals surface area contributed by atoms with Crippen LogP contribution >= 0.6 is 22.9 Å². The third-order valence-electron chi connectivity index (χ3n) is 4.51. The van der Waals surface area contributed by atoms with Crippen LogP contribution in [0, 0.1) is 5.82 Å². The van der Waals surface area contributed by atoms with Crippen LogP contribution in [0.4, 0.5) is 10.1 Å². The van der Waals surface area contributed by atoms with Gasteiger partial charge in [0.25, 0.3) is 0 Å². The zero-order valence-corrected chi connectivity index (χ0v) is 15.6. The molecule has 1 saturated heterocycles. The second-order valence-corrected chi connectivity index (χ2v) is 7.45. The molecule has 1 N–H and O–H groups in total. The summed E-state index contributed by atoms with van der Waals surface area (Å²) in [5.41, 5.74) is 1.50. The minimum Gasteiger partial charge on any atom is -0.322 e. The maximum atomic E-state index is 13.8. The van der Waals surface area contributed by atoms with Crippen LogP contribution in [0.5, 0.6) is 0 Å². The van der Waals surface area contributed by atoms with Gasteiger partial charge in [-0.3, -0.25) is 14.6 Å². The molecule has 3 rings (SSSR count). The van der Waals surface area contributed by atoms with E-state index in [-0.39, 0.29) is 17.6 Å². The summed E-state index contributed by atoms with van der Waals surface area (Å²) in [5.74, 6) is -0.721. The van der Waals surface area contributed by atoms with E-state index in [0.29, 0.717) is 5.02 Å². The second-order valence-electron chi connectivity index (χ2n) is 6.23. The molecule has 0 unspecified atom stereocenters. The molecule has 1 aromatic carbocycles. The molecule has 0 spiro atoms. The van der Waals surface area contributed by atoms with Crippen molar-refractivity contribution in [2.24, 2.45) is 0 Å². The van der Waals surface area contributed by atoms with Crippen LogP contribution in [0.15, 0.2) is 35.0 Å². The van der Waals surface area contributed by atoms with Gasteiger partial charge in [0.05, 0.1) is 11.7 Å². The highest BCUT2D eigenvalue weighted by Crippen LogP contribution is 2.20. The van der Waals surface area contributed by atoms with E-state index < -0.39 is 5.82 Å². The van der Waals surface area contributed by atoms with E-state index in [1.54, 1.807) is 17.4 Å². The van der Waals surface area contributed by atoms with Crippen LogP contribution in [0.3, 0.4) is 0 Å². The topological polar surface area (TPSA) is 35.6 Å². The minimum absolute atomic E-state index is 0.164. The summed E-state index contributed by atoms with van der Waals surface area (Å²) in [4.78, 5) is 16.9. The fraction of sp³-hybridized carbons (Fsp3) is 0.389. The number of amides is 1. The van der Waals surface area contributed by atoms with E-state index in [9.17, 15) is 9.18 Å². The van der Waals surface area contributed by atoms with Gasteiger partial charge in [-0.2, -0.15) is 11.3 Å². The SMILES string of the molecule is C[C@@H](C(=O)Nc1ccc(Cl)cc1F)N1CCN(Cc2ccsc2)CC1. The van der Waals surface area contributed by atoms with Gasteiger partial charge < -0.3 is 5.32 Å². The van der Waals surface area contributed by atoms with E-state index in [1.165, 1.54) is 17.7 Å². The number of halogens is 2.